The minimum absolute atomic E-state index is 0.150. The third-order valence-corrected chi connectivity index (χ3v) is 7.33. The van der Waals surface area contributed by atoms with E-state index in [2.05, 4.69) is 10.3 Å². The van der Waals surface area contributed by atoms with Gasteiger partial charge < -0.3 is 5.32 Å². The number of aromatic nitrogens is 1. The molecule has 0 radical (unpaired) electrons. The summed E-state index contributed by atoms with van der Waals surface area (Å²) in [6.45, 7) is 1.87. The fourth-order valence-electron chi connectivity index (χ4n) is 4.21. The average molecular weight is 449 g/mol. The van der Waals surface area contributed by atoms with E-state index in [1.54, 1.807) is 11.8 Å². The predicted octanol–water partition coefficient (Wildman–Crippen LogP) is 3.59. The number of hydrogen-bond donors (Lipinski definition) is 1. The topological polar surface area (TPSA) is 82.6 Å². The van der Waals surface area contributed by atoms with Crippen LogP contribution in [0.3, 0.4) is 0 Å². The lowest BCUT2D eigenvalue weighted by Crippen LogP contribution is -2.47. The van der Waals surface area contributed by atoms with Gasteiger partial charge in [0.1, 0.15) is 12.1 Å². The zero-order valence-electron chi connectivity index (χ0n) is 17.8. The Hall–Kier alpha value is -3.26. The van der Waals surface area contributed by atoms with Crippen molar-refractivity contribution in [2.24, 2.45) is 5.92 Å². The van der Waals surface area contributed by atoms with Gasteiger partial charge in [0, 0.05) is 6.54 Å². The van der Waals surface area contributed by atoms with E-state index in [1.165, 1.54) is 11.3 Å². The number of rotatable bonds is 7. The van der Waals surface area contributed by atoms with E-state index in [-0.39, 0.29) is 24.3 Å². The average Bonchev–Trinajstić information content (AvgIpc) is 3.53. The Morgan fingerprint density at radius 1 is 1.16 bits per heavy atom. The summed E-state index contributed by atoms with van der Waals surface area (Å²) in [5.41, 5.74) is 1.02. The number of imide groups is 1. The predicted molar refractivity (Wildman–Crippen MR) is 123 cm³/mol. The molecule has 1 aliphatic heterocycles. The molecule has 1 saturated carbocycles. The number of nitrogens with one attached hydrogen (secondary N) is 1. The Labute approximate surface area is 190 Å². The summed E-state index contributed by atoms with van der Waals surface area (Å²) in [5.74, 6) is -0.480. The van der Waals surface area contributed by atoms with Crippen LogP contribution in [-0.4, -0.2) is 46.4 Å². The second-order valence-corrected chi connectivity index (χ2v) is 9.55. The fourth-order valence-corrected chi connectivity index (χ4v) is 5.21. The molecule has 1 N–H and O–H groups in total. The van der Waals surface area contributed by atoms with Gasteiger partial charge in [-0.1, -0.05) is 53.8 Å². The van der Waals surface area contributed by atoms with Gasteiger partial charge in [-0.2, -0.15) is 0 Å². The molecule has 4 amide bonds. The number of benzene rings is 2. The molecular formula is C24H24N4O3S. The lowest BCUT2D eigenvalue weighted by atomic mass is 9.96. The molecule has 0 spiro atoms. The van der Waals surface area contributed by atoms with Gasteiger partial charge >= 0.3 is 6.03 Å². The van der Waals surface area contributed by atoms with Crippen LogP contribution in [0.15, 0.2) is 54.6 Å². The van der Waals surface area contributed by atoms with Gasteiger partial charge in [0.2, 0.25) is 5.91 Å². The zero-order chi connectivity index (χ0) is 22.3. The van der Waals surface area contributed by atoms with Crippen LogP contribution in [0.5, 0.6) is 0 Å². The van der Waals surface area contributed by atoms with Gasteiger partial charge in [0.15, 0.2) is 5.13 Å². The van der Waals surface area contributed by atoms with E-state index in [9.17, 15) is 14.4 Å². The molecule has 3 aromatic rings. The smallest absolute Gasteiger partial charge is 0.323 e. The van der Waals surface area contributed by atoms with Crippen LogP contribution in [0.1, 0.15) is 25.3 Å². The maximum Gasteiger partial charge on any atom is 0.325 e. The number of anilines is 1. The highest BCUT2D eigenvalue weighted by Crippen LogP contribution is 2.42. The third kappa shape index (κ3) is 3.75. The van der Waals surface area contributed by atoms with Gasteiger partial charge in [0.25, 0.3) is 5.91 Å². The van der Waals surface area contributed by atoms with Crippen molar-refractivity contribution in [3.05, 3.63) is 60.2 Å². The van der Waals surface area contributed by atoms with E-state index in [4.69, 9.17) is 0 Å². The lowest BCUT2D eigenvalue weighted by molar-refractivity contribution is -0.134. The van der Waals surface area contributed by atoms with E-state index in [0.717, 1.165) is 33.5 Å². The number of carbonyl (C=O) groups is 3. The van der Waals surface area contributed by atoms with E-state index in [0.29, 0.717) is 18.1 Å². The van der Waals surface area contributed by atoms with E-state index in [1.807, 2.05) is 54.6 Å². The fraction of sp³-hybridized carbons (Fsp3) is 0.333. The van der Waals surface area contributed by atoms with Crippen molar-refractivity contribution in [2.45, 2.75) is 31.7 Å². The van der Waals surface area contributed by atoms with Crippen molar-refractivity contribution < 1.29 is 14.4 Å². The number of carbonyl (C=O) groups excluding carboxylic acids is 3. The molecule has 2 heterocycles. The minimum atomic E-state index is -0.901. The Kier molecular flexibility index (Phi) is 5.17. The monoisotopic (exact) mass is 448 g/mol. The summed E-state index contributed by atoms with van der Waals surface area (Å²) in [5, 5.41) is 3.38. The maximum absolute atomic E-state index is 13.4. The van der Waals surface area contributed by atoms with Crippen molar-refractivity contribution in [1.29, 1.82) is 0 Å². The Bertz CT molecular complexity index is 1160. The quantitative estimate of drug-likeness (QED) is 0.560. The van der Waals surface area contributed by atoms with Crippen LogP contribution in [0, 0.1) is 5.92 Å². The van der Waals surface area contributed by atoms with Crippen LogP contribution < -0.4 is 10.2 Å². The lowest BCUT2D eigenvalue weighted by Gasteiger charge is -2.23. The molecule has 164 valence electrons. The Balaban J connectivity index is 1.39. The molecule has 1 unspecified atom stereocenters. The number of thiazole rings is 1. The van der Waals surface area contributed by atoms with E-state index >= 15 is 0 Å². The van der Waals surface area contributed by atoms with Gasteiger partial charge in [-0.15, -0.1) is 0 Å². The molecule has 1 aliphatic carbocycles. The molecule has 2 fully saturated rings. The Morgan fingerprint density at radius 2 is 1.88 bits per heavy atom. The van der Waals surface area contributed by atoms with Gasteiger partial charge in [-0.05, 0) is 49.8 Å². The van der Waals surface area contributed by atoms with Crippen LogP contribution in [0.2, 0.25) is 0 Å². The highest BCUT2D eigenvalue weighted by Gasteiger charge is 2.56. The number of hydrogen-bond acceptors (Lipinski definition) is 5. The van der Waals surface area contributed by atoms with Crippen molar-refractivity contribution in [1.82, 2.24) is 15.2 Å². The summed E-state index contributed by atoms with van der Waals surface area (Å²) in [7, 11) is 0. The molecule has 1 saturated heterocycles. The normalized spacial score (nSPS) is 20.6. The zero-order valence-corrected chi connectivity index (χ0v) is 18.6. The summed E-state index contributed by atoms with van der Waals surface area (Å²) >= 11 is 1.43. The molecular weight excluding hydrogens is 424 g/mol. The highest BCUT2D eigenvalue weighted by atomic mass is 32.1. The molecule has 5 rings (SSSR count). The van der Waals surface area contributed by atoms with Gasteiger partial charge in [0.05, 0.1) is 10.2 Å². The first-order valence-corrected chi connectivity index (χ1v) is 11.6. The van der Waals surface area contributed by atoms with Crippen LogP contribution in [0.25, 0.3) is 10.2 Å². The standard InChI is InChI=1S/C24H24N4O3S/c1-24(17-11-12-17)21(30)28(22(31)26-24)15-20(29)27(14-13-16-7-3-2-4-8-16)23-25-18-9-5-6-10-19(18)32-23/h2-10,17H,11-15H2,1H3,(H,26,31). The first-order valence-electron chi connectivity index (χ1n) is 10.8. The van der Waals surface area contributed by atoms with Crippen LogP contribution in [-0.2, 0) is 16.0 Å². The Morgan fingerprint density at radius 3 is 2.59 bits per heavy atom. The molecule has 7 nitrogen and oxygen atoms in total. The van der Waals surface area contributed by atoms with Crippen molar-refractivity contribution in [3.8, 4) is 0 Å². The van der Waals surface area contributed by atoms with Crippen molar-refractivity contribution in [2.75, 3.05) is 18.0 Å². The number of fused-ring (bicyclic) bond motifs is 1. The largest absolute Gasteiger partial charge is 0.325 e. The highest BCUT2D eigenvalue weighted by molar-refractivity contribution is 7.22. The number of para-hydroxylation sites is 1. The molecule has 2 aromatic carbocycles. The molecule has 2 aliphatic rings. The third-order valence-electron chi connectivity index (χ3n) is 6.27. The molecule has 32 heavy (non-hydrogen) atoms. The first-order chi connectivity index (χ1) is 15.5. The van der Waals surface area contributed by atoms with Gasteiger partial charge in [-0.3, -0.25) is 19.4 Å². The van der Waals surface area contributed by atoms with Crippen molar-refractivity contribution >= 4 is 44.5 Å². The van der Waals surface area contributed by atoms with Gasteiger partial charge in [-0.25, -0.2) is 9.78 Å². The minimum Gasteiger partial charge on any atom is -0.323 e. The summed E-state index contributed by atoms with van der Waals surface area (Å²) in [6.07, 6.45) is 2.47. The van der Waals surface area contributed by atoms with Crippen LogP contribution in [0.4, 0.5) is 9.93 Å². The number of amides is 4. The number of urea groups is 1. The molecule has 1 aromatic heterocycles. The summed E-state index contributed by atoms with van der Waals surface area (Å²) < 4.78 is 0.983. The van der Waals surface area contributed by atoms with E-state index < -0.39 is 11.6 Å². The second-order valence-electron chi connectivity index (χ2n) is 8.54. The summed E-state index contributed by atoms with van der Waals surface area (Å²) in [6, 6.07) is 17.1. The second kappa shape index (κ2) is 8.02. The SMILES string of the molecule is CC1(C2CC2)NC(=O)N(CC(=O)N(CCc2ccccc2)c2nc3ccccc3s2)C1=O. The van der Waals surface area contributed by atoms with Crippen molar-refractivity contribution in [3.63, 3.8) is 0 Å². The first kappa shape index (κ1) is 20.6. The summed E-state index contributed by atoms with van der Waals surface area (Å²) in [4.78, 5) is 46.3. The molecule has 8 heteroatoms. The molecule has 1 atom stereocenters. The number of nitrogens with zero attached hydrogens (tertiary/aromatic N) is 3. The molecule has 0 bridgehead atoms. The maximum atomic E-state index is 13.4. The van der Waals surface area contributed by atoms with Crippen LogP contribution >= 0.6 is 11.3 Å².